The first-order valence-corrected chi connectivity index (χ1v) is 5.27. The van der Waals surface area contributed by atoms with Gasteiger partial charge in [0.2, 0.25) is 0 Å². The molecule has 0 heterocycles. The van der Waals surface area contributed by atoms with E-state index in [2.05, 4.69) is 6.92 Å². The van der Waals surface area contributed by atoms with Crippen molar-refractivity contribution in [3.8, 4) is 0 Å². The average molecular weight is 394 g/mol. The third-order valence-corrected chi connectivity index (χ3v) is 2.31. The van der Waals surface area contributed by atoms with Crippen LogP contribution in [0.1, 0.15) is 6.92 Å². The Hall–Kier alpha value is -0.0966. The number of rotatable bonds is 3. The van der Waals surface area contributed by atoms with Crippen LogP contribution in [0.5, 0.6) is 0 Å². The molecule has 0 saturated carbocycles. The Labute approximate surface area is 120 Å². The molecule has 0 N–H and O–H groups in total. The molecule has 0 amide bonds. The van der Waals surface area contributed by atoms with E-state index >= 15 is 0 Å². The summed E-state index contributed by atoms with van der Waals surface area (Å²) in [6, 6.07) is 0. The molecule has 0 unspecified atom stereocenters. The van der Waals surface area contributed by atoms with E-state index in [4.69, 9.17) is 0 Å². The van der Waals surface area contributed by atoms with Crippen molar-refractivity contribution in [2.24, 2.45) is 0 Å². The molecular weight excluding hydrogens is 389 g/mol. The van der Waals surface area contributed by atoms with E-state index in [0.29, 0.717) is 0 Å². The van der Waals surface area contributed by atoms with Crippen LogP contribution < -0.4 is 0 Å². The first-order valence-electron chi connectivity index (χ1n) is 3.86. The SMILES string of the molecule is O=S(=O)([O-])C(F)(F)C(F)(F)C(F)(F)C(F)(F)F.[CH2-]C.[Zn+2]. The van der Waals surface area contributed by atoms with Crippen LogP contribution in [0.2, 0.25) is 0 Å². The summed E-state index contributed by atoms with van der Waals surface area (Å²) in [4.78, 5) is 0. The van der Waals surface area contributed by atoms with Crippen molar-refractivity contribution in [3.05, 3.63) is 6.92 Å². The molecule has 0 aromatic heterocycles. The average Bonchev–Trinajstić information content (AvgIpc) is 2.16. The number of hydrogen-bond donors (Lipinski definition) is 0. The van der Waals surface area contributed by atoms with Gasteiger partial charge in [0.25, 0.3) is 0 Å². The van der Waals surface area contributed by atoms with Crippen molar-refractivity contribution in [2.75, 3.05) is 0 Å². The summed E-state index contributed by atoms with van der Waals surface area (Å²) in [7, 11) is -7.42. The molecule has 3 nitrogen and oxygen atoms in total. The van der Waals surface area contributed by atoms with Gasteiger partial charge in [-0.2, -0.15) is 46.4 Å². The summed E-state index contributed by atoms with van der Waals surface area (Å²) in [5.74, 6) is -14.8. The number of hydrogen-bond acceptors (Lipinski definition) is 3. The predicted octanol–water partition coefficient (Wildman–Crippen LogP) is 2.80. The molecule has 0 fully saturated rings. The molecule has 0 radical (unpaired) electrons. The second-order valence-electron chi connectivity index (χ2n) is 2.62. The Balaban J connectivity index is -0.000000916. The Kier molecular flexibility index (Phi) is 8.43. The van der Waals surface area contributed by atoms with Gasteiger partial charge in [0, 0.05) is 0 Å². The summed E-state index contributed by atoms with van der Waals surface area (Å²) in [6.07, 6.45) is -7.16. The van der Waals surface area contributed by atoms with Crippen LogP contribution in [0.25, 0.3) is 0 Å². The van der Waals surface area contributed by atoms with Crippen LogP contribution in [0.4, 0.5) is 39.5 Å². The van der Waals surface area contributed by atoms with Crippen molar-refractivity contribution in [1.82, 2.24) is 0 Å². The maximum absolute atomic E-state index is 12.2. The third kappa shape index (κ3) is 3.97. The van der Waals surface area contributed by atoms with Gasteiger partial charge in [-0.3, -0.25) is 0 Å². The summed E-state index contributed by atoms with van der Waals surface area (Å²) in [6.45, 7) is 5.00. The van der Waals surface area contributed by atoms with Crippen LogP contribution in [0.15, 0.2) is 0 Å². The van der Waals surface area contributed by atoms with E-state index in [0.717, 1.165) is 0 Å². The van der Waals surface area contributed by atoms with Gasteiger partial charge < -0.3 is 11.5 Å². The molecule has 0 bridgehead atoms. The van der Waals surface area contributed by atoms with Crippen LogP contribution in [-0.4, -0.2) is 36.2 Å². The molecule has 0 aliphatic heterocycles. The van der Waals surface area contributed by atoms with Gasteiger partial charge in [0.05, 0.1) is 0 Å². The van der Waals surface area contributed by atoms with E-state index in [1.54, 1.807) is 6.92 Å². The van der Waals surface area contributed by atoms with Gasteiger partial charge in [-0.15, -0.1) is 0 Å². The van der Waals surface area contributed by atoms with Crippen LogP contribution in [-0.2, 0) is 29.6 Å². The molecule has 118 valence electrons. The second-order valence-corrected chi connectivity index (χ2v) is 4.04. The number of alkyl halides is 9. The monoisotopic (exact) mass is 392 g/mol. The van der Waals surface area contributed by atoms with Gasteiger partial charge in [-0.25, -0.2) is 8.42 Å². The Morgan fingerprint density at radius 3 is 1.20 bits per heavy atom. The Morgan fingerprint density at radius 1 is 0.800 bits per heavy atom. The zero-order valence-corrected chi connectivity index (χ0v) is 13.2. The quantitative estimate of drug-likeness (QED) is 0.321. The first kappa shape index (κ1) is 24.9. The fourth-order valence-corrected chi connectivity index (χ4v) is 0.960. The largest absolute Gasteiger partial charge is 2.00 e. The Morgan fingerprint density at radius 2 is 1.05 bits per heavy atom. The van der Waals surface area contributed by atoms with E-state index in [9.17, 15) is 52.5 Å². The maximum atomic E-state index is 12.2. The smallest absolute Gasteiger partial charge is 0.743 e. The fraction of sp³-hybridized carbons (Fsp3) is 0.833. The molecule has 14 heteroatoms. The van der Waals surface area contributed by atoms with Crippen LogP contribution in [0, 0.1) is 6.92 Å². The molecule has 0 aromatic carbocycles. The van der Waals surface area contributed by atoms with E-state index in [1.165, 1.54) is 0 Å². The minimum absolute atomic E-state index is 0. The van der Waals surface area contributed by atoms with E-state index in [-0.39, 0.29) is 19.5 Å². The van der Waals surface area contributed by atoms with Crippen molar-refractivity contribution in [2.45, 2.75) is 30.2 Å². The van der Waals surface area contributed by atoms with E-state index in [1.807, 2.05) is 0 Å². The van der Waals surface area contributed by atoms with Gasteiger partial charge in [-0.05, 0) is 0 Å². The zero-order valence-electron chi connectivity index (χ0n) is 9.45. The molecule has 0 aliphatic carbocycles. The van der Waals surface area contributed by atoms with Crippen molar-refractivity contribution in [1.29, 1.82) is 0 Å². The normalized spacial score (nSPS) is 14.0. The summed E-state index contributed by atoms with van der Waals surface area (Å²) >= 11 is 0. The van der Waals surface area contributed by atoms with Gasteiger partial charge in [-0.1, -0.05) is 0 Å². The summed E-state index contributed by atoms with van der Waals surface area (Å²) in [5, 5.41) is -7.11. The molecular formula is C6H5F9O3SZn. The molecule has 20 heavy (non-hydrogen) atoms. The van der Waals surface area contributed by atoms with Crippen LogP contribution >= 0.6 is 0 Å². The molecule has 0 rings (SSSR count). The minimum Gasteiger partial charge on any atom is -0.743 e. The van der Waals surface area contributed by atoms with Gasteiger partial charge in [0.1, 0.15) is 0 Å². The Bertz CT molecular complexity index is 402. The molecule has 0 spiro atoms. The van der Waals surface area contributed by atoms with E-state index < -0.39 is 33.4 Å². The van der Waals surface area contributed by atoms with Crippen molar-refractivity contribution in [3.63, 3.8) is 0 Å². The zero-order chi connectivity index (χ0) is 16.5. The summed E-state index contributed by atoms with van der Waals surface area (Å²) in [5.41, 5.74) is 0. The molecule has 0 aliphatic rings. The standard InChI is InChI=1S/C4HF9O3S.C2H5.Zn/c5-1(6,3(9,10)11)2(7,8)4(12,13)17(14,15)16;1-2;/h(H,14,15,16);1H2,2H3;/q;-1;+2/p-1. The maximum Gasteiger partial charge on any atom is 2.00 e. The predicted molar refractivity (Wildman–Crippen MR) is 41.6 cm³/mol. The van der Waals surface area contributed by atoms with Gasteiger partial charge in [0.15, 0.2) is 10.1 Å². The molecule has 0 aromatic rings. The molecule has 0 atom stereocenters. The van der Waals surface area contributed by atoms with Crippen LogP contribution in [0.3, 0.4) is 0 Å². The topological polar surface area (TPSA) is 57.2 Å². The minimum atomic E-state index is -7.43. The van der Waals surface area contributed by atoms with Crippen molar-refractivity contribution >= 4 is 10.1 Å². The fourth-order valence-electron chi connectivity index (χ4n) is 0.518. The third-order valence-electron chi connectivity index (χ3n) is 1.43. The van der Waals surface area contributed by atoms with Crippen molar-refractivity contribution < 1.29 is 72.0 Å². The van der Waals surface area contributed by atoms with Gasteiger partial charge >= 0.3 is 42.8 Å². The molecule has 0 saturated heterocycles. The number of halogens is 9. The summed E-state index contributed by atoms with van der Waals surface area (Å²) < 4.78 is 135. The first-order chi connectivity index (χ1) is 8.00. The second kappa shape index (κ2) is 6.78.